The third-order valence-corrected chi connectivity index (χ3v) is 3.77. The molecule has 0 unspecified atom stereocenters. The van der Waals surface area contributed by atoms with Crippen molar-refractivity contribution >= 4 is 5.96 Å². The number of nitrogens with two attached hydrogens (primary N) is 1. The Morgan fingerprint density at radius 3 is 2.38 bits per heavy atom. The second-order valence-electron chi connectivity index (χ2n) is 5.26. The largest absolute Gasteiger partial charge is 0.370 e. The maximum atomic E-state index is 5.81. The van der Waals surface area contributed by atoms with Gasteiger partial charge in [-0.25, -0.2) is 4.99 Å². The molecule has 0 aromatic carbocycles. The Balaban J connectivity index is 1.74. The summed E-state index contributed by atoms with van der Waals surface area (Å²) in [6, 6.07) is 1.25. The standard InChI is InChI=1S/C12H24N4/c1-15(2)12(13)14-10-8-11(9-10)16-6-4-3-5-7-16/h10-11H,3-9H2,1-2H3,(H2,13,14). The highest BCUT2D eigenvalue weighted by atomic mass is 15.2. The molecule has 0 radical (unpaired) electrons. The summed E-state index contributed by atoms with van der Waals surface area (Å²) in [5.74, 6) is 0.669. The topological polar surface area (TPSA) is 44.9 Å². The molecule has 0 amide bonds. The predicted octanol–water partition coefficient (Wildman–Crippen LogP) is 0.880. The van der Waals surface area contributed by atoms with Crippen LogP contribution in [0.25, 0.3) is 0 Å². The quantitative estimate of drug-likeness (QED) is 0.559. The number of aliphatic imine (C=N–C) groups is 1. The molecule has 0 aromatic heterocycles. The third kappa shape index (κ3) is 2.67. The van der Waals surface area contributed by atoms with Gasteiger partial charge in [-0.2, -0.15) is 0 Å². The zero-order chi connectivity index (χ0) is 11.5. The molecule has 0 aromatic rings. The van der Waals surface area contributed by atoms with E-state index >= 15 is 0 Å². The van der Waals surface area contributed by atoms with Crippen LogP contribution in [-0.2, 0) is 0 Å². The van der Waals surface area contributed by atoms with Crippen molar-refractivity contribution in [1.29, 1.82) is 0 Å². The maximum absolute atomic E-state index is 5.81. The van der Waals surface area contributed by atoms with Gasteiger partial charge in [0.2, 0.25) is 0 Å². The molecule has 0 bridgehead atoms. The van der Waals surface area contributed by atoms with Crippen molar-refractivity contribution in [2.24, 2.45) is 10.7 Å². The lowest BCUT2D eigenvalue weighted by atomic mass is 9.85. The minimum Gasteiger partial charge on any atom is -0.370 e. The highest BCUT2D eigenvalue weighted by molar-refractivity contribution is 5.77. The summed E-state index contributed by atoms with van der Waals surface area (Å²) >= 11 is 0. The summed E-state index contributed by atoms with van der Waals surface area (Å²) in [5.41, 5.74) is 5.81. The van der Waals surface area contributed by atoms with Gasteiger partial charge >= 0.3 is 0 Å². The van der Waals surface area contributed by atoms with Crippen LogP contribution in [0.3, 0.4) is 0 Å². The number of rotatable bonds is 2. The van der Waals surface area contributed by atoms with Gasteiger partial charge in [-0.1, -0.05) is 6.42 Å². The summed E-state index contributed by atoms with van der Waals surface area (Å²) in [6.07, 6.45) is 6.58. The molecule has 1 saturated carbocycles. The second-order valence-corrected chi connectivity index (χ2v) is 5.26. The van der Waals surface area contributed by atoms with Crippen molar-refractivity contribution in [3.63, 3.8) is 0 Å². The molecule has 4 heteroatoms. The van der Waals surface area contributed by atoms with E-state index in [1.54, 1.807) is 0 Å². The van der Waals surface area contributed by atoms with Crippen molar-refractivity contribution in [2.75, 3.05) is 27.2 Å². The zero-order valence-electron chi connectivity index (χ0n) is 10.5. The lowest BCUT2D eigenvalue weighted by Crippen LogP contribution is -2.49. The van der Waals surface area contributed by atoms with Crippen LogP contribution in [-0.4, -0.2) is 55.0 Å². The van der Waals surface area contributed by atoms with E-state index in [2.05, 4.69) is 9.89 Å². The normalized spacial score (nSPS) is 32.2. The van der Waals surface area contributed by atoms with Crippen LogP contribution in [0.5, 0.6) is 0 Å². The monoisotopic (exact) mass is 224 g/mol. The summed E-state index contributed by atoms with van der Waals surface area (Å²) in [4.78, 5) is 9.04. The van der Waals surface area contributed by atoms with Crippen molar-refractivity contribution in [3.8, 4) is 0 Å². The number of likely N-dealkylation sites (tertiary alicyclic amines) is 1. The van der Waals surface area contributed by atoms with Crippen molar-refractivity contribution in [1.82, 2.24) is 9.80 Å². The Kier molecular flexibility index (Phi) is 3.69. The van der Waals surface area contributed by atoms with Gasteiger partial charge in [0.05, 0.1) is 6.04 Å². The first-order chi connectivity index (χ1) is 7.66. The van der Waals surface area contributed by atoms with Gasteiger partial charge in [-0.3, -0.25) is 0 Å². The molecular formula is C12H24N4. The van der Waals surface area contributed by atoms with Crippen LogP contribution in [0.1, 0.15) is 32.1 Å². The van der Waals surface area contributed by atoms with E-state index in [4.69, 9.17) is 5.73 Å². The minimum atomic E-state index is 0.467. The van der Waals surface area contributed by atoms with Gasteiger partial charge in [0.1, 0.15) is 0 Å². The maximum Gasteiger partial charge on any atom is 0.191 e. The highest BCUT2D eigenvalue weighted by Crippen LogP contribution is 2.30. The van der Waals surface area contributed by atoms with Crippen LogP contribution in [0, 0.1) is 0 Å². The van der Waals surface area contributed by atoms with Gasteiger partial charge in [-0.15, -0.1) is 0 Å². The molecule has 2 fully saturated rings. The van der Waals surface area contributed by atoms with E-state index < -0.39 is 0 Å². The SMILES string of the molecule is CN(C)C(N)=NC1CC(N2CCCCC2)C1. The molecule has 0 spiro atoms. The summed E-state index contributed by atoms with van der Waals surface area (Å²) in [7, 11) is 3.89. The Morgan fingerprint density at radius 2 is 1.81 bits per heavy atom. The molecule has 92 valence electrons. The van der Waals surface area contributed by atoms with E-state index in [1.807, 2.05) is 19.0 Å². The zero-order valence-corrected chi connectivity index (χ0v) is 10.5. The van der Waals surface area contributed by atoms with Crippen LogP contribution < -0.4 is 5.73 Å². The smallest absolute Gasteiger partial charge is 0.191 e. The third-order valence-electron chi connectivity index (χ3n) is 3.77. The van der Waals surface area contributed by atoms with E-state index in [1.165, 1.54) is 45.2 Å². The Labute approximate surface area is 98.5 Å². The van der Waals surface area contributed by atoms with Crippen LogP contribution >= 0.6 is 0 Å². The second kappa shape index (κ2) is 5.04. The molecule has 1 heterocycles. The van der Waals surface area contributed by atoms with E-state index in [-0.39, 0.29) is 0 Å². The Hall–Kier alpha value is -0.770. The molecule has 4 nitrogen and oxygen atoms in total. The van der Waals surface area contributed by atoms with Crippen molar-refractivity contribution in [2.45, 2.75) is 44.2 Å². The summed E-state index contributed by atoms with van der Waals surface area (Å²) < 4.78 is 0. The number of hydrogen-bond acceptors (Lipinski definition) is 2. The first kappa shape index (κ1) is 11.7. The molecule has 1 aliphatic carbocycles. The molecular weight excluding hydrogens is 200 g/mol. The summed E-state index contributed by atoms with van der Waals surface area (Å²) in [6.45, 7) is 2.59. The van der Waals surface area contributed by atoms with Gasteiger partial charge in [-0.05, 0) is 38.8 Å². The molecule has 0 atom stereocenters. The number of nitrogens with zero attached hydrogens (tertiary/aromatic N) is 3. The van der Waals surface area contributed by atoms with Gasteiger partial charge in [0.25, 0.3) is 0 Å². The number of piperidine rings is 1. The molecule has 2 aliphatic rings. The first-order valence-electron chi connectivity index (χ1n) is 6.41. The van der Waals surface area contributed by atoms with Gasteiger partial charge in [0, 0.05) is 20.1 Å². The fourth-order valence-electron chi connectivity index (χ4n) is 2.55. The molecule has 1 saturated heterocycles. The highest BCUT2D eigenvalue weighted by Gasteiger charge is 2.34. The van der Waals surface area contributed by atoms with Crippen LogP contribution in [0.4, 0.5) is 0 Å². The predicted molar refractivity (Wildman–Crippen MR) is 67.5 cm³/mol. The fourth-order valence-corrected chi connectivity index (χ4v) is 2.55. The van der Waals surface area contributed by atoms with Crippen molar-refractivity contribution in [3.05, 3.63) is 0 Å². The number of guanidine groups is 1. The van der Waals surface area contributed by atoms with Gasteiger partial charge in [0.15, 0.2) is 5.96 Å². The summed E-state index contributed by atoms with van der Waals surface area (Å²) in [5, 5.41) is 0. The molecule has 1 aliphatic heterocycles. The molecule has 16 heavy (non-hydrogen) atoms. The fraction of sp³-hybridized carbons (Fsp3) is 0.917. The van der Waals surface area contributed by atoms with E-state index in [0.29, 0.717) is 12.0 Å². The number of hydrogen-bond donors (Lipinski definition) is 1. The minimum absolute atomic E-state index is 0.467. The van der Waals surface area contributed by atoms with Gasteiger partial charge < -0.3 is 15.5 Å². The molecule has 2 rings (SSSR count). The average Bonchev–Trinajstić information content (AvgIpc) is 2.23. The van der Waals surface area contributed by atoms with Crippen molar-refractivity contribution < 1.29 is 0 Å². The lowest BCUT2D eigenvalue weighted by molar-refractivity contribution is 0.0909. The Bertz CT molecular complexity index is 250. The van der Waals surface area contributed by atoms with E-state index in [9.17, 15) is 0 Å². The van der Waals surface area contributed by atoms with Crippen LogP contribution in [0.15, 0.2) is 4.99 Å². The first-order valence-corrected chi connectivity index (χ1v) is 6.41. The van der Waals surface area contributed by atoms with E-state index in [0.717, 1.165) is 6.04 Å². The lowest BCUT2D eigenvalue weighted by Gasteiger charge is -2.43. The average molecular weight is 224 g/mol. The van der Waals surface area contributed by atoms with Crippen LogP contribution in [0.2, 0.25) is 0 Å². The molecule has 2 N–H and O–H groups in total. The Morgan fingerprint density at radius 1 is 1.19 bits per heavy atom.